The van der Waals surface area contributed by atoms with E-state index in [1.807, 2.05) is 5.43 Å². The van der Waals surface area contributed by atoms with Gasteiger partial charge in [-0.15, -0.1) is 11.8 Å². The van der Waals surface area contributed by atoms with Gasteiger partial charge < -0.3 is 0 Å². The van der Waals surface area contributed by atoms with E-state index in [0.29, 0.717) is 26.9 Å². The second-order valence-electron chi connectivity index (χ2n) is 4.14. The molecule has 0 heterocycles. The number of carbonyl (C=O) groups is 1. The van der Waals surface area contributed by atoms with Crippen LogP contribution in [0.5, 0.6) is 0 Å². The Bertz CT molecular complexity index is 682. The Morgan fingerprint density at radius 3 is 2.71 bits per heavy atom. The Labute approximate surface area is 135 Å². The minimum absolute atomic E-state index is 0.298. The van der Waals surface area contributed by atoms with E-state index in [1.165, 1.54) is 30.0 Å². The van der Waals surface area contributed by atoms with Crippen molar-refractivity contribution in [2.45, 2.75) is 10.6 Å². The first-order valence-corrected chi connectivity index (χ1v) is 7.62. The number of rotatable bonds is 4. The van der Waals surface area contributed by atoms with Crippen LogP contribution >= 0.6 is 35.0 Å². The van der Waals surface area contributed by atoms with E-state index in [2.05, 4.69) is 0 Å². The van der Waals surface area contributed by atoms with Crippen LogP contribution in [0.3, 0.4) is 0 Å². The zero-order valence-electron chi connectivity index (χ0n) is 10.7. The van der Waals surface area contributed by atoms with Crippen LogP contribution in [0.15, 0.2) is 41.3 Å². The highest BCUT2D eigenvalue weighted by atomic mass is 35.5. The van der Waals surface area contributed by atoms with Crippen molar-refractivity contribution in [1.82, 2.24) is 5.43 Å². The number of hydrogen-bond donors (Lipinski definition) is 2. The smallest absolute Gasteiger partial charge is 0.265 e. The highest BCUT2D eigenvalue weighted by Gasteiger charge is 2.10. The Balaban J connectivity index is 2.19. The number of halogens is 3. The summed E-state index contributed by atoms with van der Waals surface area (Å²) >= 11 is 13.3. The van der Waals surface area contributed by atoms with Crippen LogP contribution in [0.25, 0.3) is 0 Å². The lowest BCUT2D eigenvalue weighted by Crippen LogP contribution is -2.30. The molecule has 0 aliphatic carbocycles. The van der Waals surface area contributed by atoms with Gasteiger partial charge in [0.05, 0.1) is 5.02 Å². The number of nitrogens with one attached hydrogen (secondary N) is 1. The van der Waals surface area contributed by atoms with Gasteiger partial charge in [0.1, 0.15) is 5.82 Å². The number of hydrogen-bond acceptors (Lipinski definition) is 3. The molecule has 2 aromatic carbocycles. The number of thioether (sulfide) groups is 1. The molecule has 0 aromatic heterocycles. The average Bonchev–Trinajstić information content (AvgIpc) is 2.48. The van der Waals surface area contributed by atoms with Crippen molar-refractivity contribution in [2.75, 3.05) is 0 Å². The van der Waals surface area contributed by atoms with Gasteiger partial charge >= 0.3 is 0 Å². The van der Waals surface area contributed by atoms with Gasteiger partial charge in [-0.1, -0.05) is 23.2 Å². The lowest BCUT2D eigenvalue weighted by Gasteiger charge is -2.08. The predicted molar refractivity (Wildman–Crippen MR) is 84.1 cm³/mol. The molecular formula is C14H11Cl2FN2OS. The molecule has 0 atom stereocenters. The molecule has 0 aliphatic rings. The van der Waals surface area contributed by atoms with Crippen LogP contribution in [0.4, 0.5) is 4.39 Å². The molecule has 0 fully saturated rings. The van der Waals surface area contributed by atoms with Crippen molar-refractivity contribution >= 4 is 40.9 Å². The maximum atomic E-state index is 13.8. The average molecular weight is 345 g/mol. The normalized spacial score (nSPS) is 10.5. The first kappa shape index (κ1) is 16.1. The van der Waals surface area contributed by atoms with Gasteiger partial charge in [-0.2, -0.15) is 0 Å². The maximum absolute atomic E-state index is 13.8. The molecule has 7 heteroatoms. The lowest BCUT2D eigenvalue weighted by atomic mass is 10.1. The molecule has 110 valence electrons. The van der Waals surface area contributed by atoms with Crippen LogP contribution in [0.1, 0.15) is 15.9 Å². The summed E-state index contributed by atoms with van der Waals surface area (Å²) in [5, 5.41) is 1.10. The Hall–Kier alpha value is -1.27. The molecule has 0 radical (unpaired) electrons. The summed E-state index contributed by atoms with van der Waals surface area (Å²) in [4.78, 5) is 12.2. The molecular weight excluding hydrogens is 334 g/mol. The summed E-state index contributed by atoms with van der Waals surface area (Å²) < 4.78 is 13.8. The monoisotopic (exact) mass is 344 g/mol. The molecule has 0 bridgehead atoms. The molecule has 3 N–H and O–H groups in total. The van der Waals surface area contributed by atoms with Gasteiger partial charge in [0.15, 0.2) is 0 Å². The largest absolute Gasteiger partial charge is 0.290 e. The van der Waals surface area contributed by atoms with E-state index in [-0.39, 0.29) is 0 Å². The highest BCUT2D eigenvalue weighted by Crippen LogP contribution is 2.32. The minimum Gasteiger partial charge on any atom is -0.290 e. The highest BCUT2D eigenvalue weighted by molar-refractivity contribution is 7.98. The Kier molecular flexibility index (Phi) is 5.47. The zero-order chi connectivity index (χ0) is 15.4. The molecule has 0 saturated heterocycles. The van der Waals surface area contributed by atoms with Crippen LogP contribution in [-0.2, 0) is 5.75 Å². The van der Waals surface area contributed by atoms with Gasteiger partial charge in [-0.05, 0) is 42.0 Å². The minimum atomic E-state index is -0.470. The van der Waals surface area contributed by atoms with Crippen LogP contribution in [-0.4, -0.2) is 5.91 Å². The van der Waals surface area contributed by atoms with Crippen LogP contribution in [0, 0.1) is 5.82 Å². The van der Waals surface area contributed by atoms with Crippen molar-refractivity contribution in [2.24, 2.45) is 5.84 Å². The Morgan fingerprint density at radius 2 is 2.00 bits per heavy atom. The summed E-state index contributed by atoms with van der Waals surface area (Å²) in [6, 6.07) is 9.14. The van der Waals surface area contributed by atoms with Gasteiger partial charge in [-0.25, -0.2) is 10.2 Å². The summed E-state index contributed by atoms with van der Waals surface area (Å²) in [6.45, 7) is 0. The summed E-state index contributed by atoms with van der Waals surface area (Å²) in [5.41, 5.74) is 2.70. The molecule has 2 aromatic rings. The van der Waals surface area contributed by atoms with Gasteiger partial charge in [0, 0.05) is 21.2 Å². The van der Waals surface area contributed by atoms with E-state index < -0.39 is 11.7 Å². The topological polar surface area (TPSA) is 55.1 Å². The van der Waals surface area contributed by atoms with Gasteiger partial charge in [-0.3, -0.25) is 10.2 Å². The molecule has 0 aliphatic heterocycles. The maximum Gasteiger partial charge on any atom is 0.265 e. The third-order valence-electron chi connectivity index (χ3n) is 2.72. The van der Waals surface area contributed by atoms with Crippen LogP contribution < -0.4 is 11.3 Å². The van der Waals surface area contributed by atoms with Crippen molar-refractivity contribution in [3.05, 3.63) is 63.4 Å². The molecule has 2 rings (SSSR count). The molecule has 0 spiro atoms. The SMILES string of the molecule is NNC(=O)c1ccc(F)c(CSc2cc(Cl)ccc2Cl)c1. The van der Waals surface area contributed by atoms with Gasteiger partial charge in [0.25, 0.3) is 5.91 Å². The summed E-state index contributed by atoms with van der Waals surface area (Å²) in [5.74, 6) is 4.52. The fourth-order valence-electron chi connectivity index (χ4n) is 1.65. The lowest BCUT2D eigenvalue weighted by molar-refractivity contribution is 0.0953. The fourth-order valence-corrected chi connectivity index (χ4v) is 3.12. The zero-order valence-corrected chi connectivity index (χ0v) is 13.0. The Morgan fingerprint density at radius 1 is 1.24 bits per heavy atom. The van der Waals surface area contributed by atoms with Crippen molar-refractivity contribution in [1.29, 1.82) is 0 Å². The third kappa shape index (κ3) is 4.11. The van der Waals surface area contributed by atoms with E-state index in [0.717, 1.165) is 4.90 Å². The van der Waals surface area contributed by atoms with Crippen molar-refractivity contribution < 1.29 is 9.18 Å². The van der Waals surface area contributed by atoms with Crippen LogP contribution in [0.2, 0.25) is 10.0 Å². The molecule has 1 amide bonds. The van der Waals surface area contributed by atoms with E-state index in [9.17, 15) is 9.18 Å². The number of nitrogens with two attached hydrogens (primary N) is 1. The van der Waals surface area contributed by atoms with Crippen molar-refractivity contribution in [3.8, 4) is 0 Å². The predicted octanol–water partition coefficient (Wildman–Crippen LogP) is 4.03. The first-order chi connectivity index (χ1) is 10.0. The first-order valence-electron chi connectivity index (χ1n) is 5.88. The number of nitrogen functional groups attached to an aromatic ring is 1. The second-order valence-corrected chi connectivity index (χ2v) is 6.00. The van der Waals surface area contributed by atoms with E-state index in [4.69, 9.17) is 29.0 Å². The molecule has 3 nitrogen and oxygen atoms in total. The molecule has 21 heavy (non-hydrogen) atoms. The van der Waals surface area contributed by atoms with Gasteiger partial charge in [0.2, 0.25) is 0 Å². The summed E-state index contributed by atoms with van der Waals surface area (Å²) in [7, 11) is 0. The number of hydrazine groups is 1. The third-order valence-corrected chi connectivity index (χ3v) is 4.50. The number of benzene rings is 2. The van der Waals surface area contributed by atoms with E-state index in [1.54, 1.807) is 18.2 Å². The molecule has 0 unspecified atom stereocenters. The van der Waals surface area contributed by atoms with Crippen molar-refractivity contribution in [3.63, 3.8) is 0 Å². The number of amides is 1. The summed E-state index contributed by atoms with van der Waals surface area (Å²) in [6.07, 6.45) is 0. The second kappa shape index (κ2) is 7.13. The number of carbonyl (C=O) groups excluding carboxylic acids is 1. The van der Waals surface area contributed by atoms with E-state index >= 15 is 0 Å². The fraction of sp³-hybridized carbons (Fsp3) is 0.0714. The molecule has 0 saturated carbocycles. The quantitative estimate of drug-likeness (QED) is 0.381. The standard InChI is InChI=1S/C14H11Cl2FN2OS/c15-10-2-3-11(16)13(6-10)21-7-9-5-8(14(20)19-18)1-4-12(9)17/h1-6H,7,18H2,(H,19,20).